The summed E-state index contributed by atoms with van der Waals surface area (Å²) < 4.78 is 0. The summed E-state index contributed by atoms with van der Waals surface area (Å²) in [5, 5.41) is 16.1. The van der Waals surface area contributed by atoms with Gasteiger partial charge in [0.1, 0.15) is 11.6 Å². The van der Waals surface area contributed by atoms with E-state index in [1.54, 1.807) is 27.7 Å². The molecule has 0 aromatic carbocycles. The molecular formula is C12H28O4. The molecule has 0 saturated heterocycles. The van der Waals surface area contributed by atoms with Gasteiger partial charge in [0.15, 0.2) is 0 Å². The van der Waals surface area contributed by atoms with Crippen LogP contribution in [0.1, 0.15) is 55.4 Å². The number of aliphatic hydroxyl groups is 2. The number of ketones is 2. The van der Waals surface area contributed by atoms with Gasteiger partial charge in [0, 0.05) is 12.2 Å². The molecule has 0 aromatic rings. The van der Waals surface area contributed by atoms with E-state index in [0.29, 0.717) is 0 Å². The van der Waals surface area contributed by atoms with Gasteiger partial charge in [0.05, 0.1) is 0 Å². The zero-order chi connectivity index (χ0) is 14.3. The molecule has 0 heterocycles. The highest BCUT2D eigenvalue weighted by Crippen LogP contribution is 1.65. The van der Waals surface area contributed by atoms with Crippen molar-refractivity contribution in [1.82, 2.24) is 0 Å². The first-order valence-electron chi connectivity index (χ1n) is 5.23. The van der Waals surface area contributed by atoms with Gasteiger partial charge in [-0.15, -0.1) is 0 Å². The summed E-state index contributed by atoms with van der Waals surface area (Å²) in [6.45, 7) is 13.0. The zero-order valence-electron chi connectivity index (χ0n) is 11.9. The van der Waals surface area contributed by atoms with E-state index in [9.17, 15) is 9.59 Å². The first kappa shape index (κ1) is 24.5. The van der Waals surface area contributed by atoms with Crippen molar-refractivity contribution < 1.29 is 19.8 Å². The Bertz CT molecular complexity index is 120. The molecule has 0 saturated carbocycles. The third-order valence-corrected chi connectivity index (χ3v) is 0. The maximum Gasteiger partial charge on any atom is 0.126 e. The molecule has 0 atom stereocenters. The maximum atomic E-state index is 9.44. The molecule has 0 unspecified atom stereocenters. The lowest BCUT2D eigenvalue weighted by molar-refractivity contribution is -0.115. The van der Waals surface area contributed by atoms with E-state index in [0.717, 1.165) is 0 Å². The fraction of sp³-hybridized carbons (Fsp3) is 0.833. The van der Waals surface area contributed by atoms with Gasteiger partial charge in [-0.3, -0.25) is 0 Å². The molecule has 0 amide bonds. The van der Waals surface area contributed by atoms with Crippen molar-refractivity contribution in [2.45, 2.75) is 67.6 Å². The van der Waals surface area contributed by atoms with E-state index in [1.807, 2.05) is 0 Å². The van der Waals surface area contributed by atoms with Crippen LogP contribution < -0.4 is 0 Å². The Balaban J connectivity index is -0.0000000600. The summed E-state index contributed by atoms with van der Waals surface area (Å²) in [6.07, 6.45) is -0.333. The van der Waals surface area contributed by atoms with Gasteiger partial charge < -0.3 is 19.8 Å². The fourth-order valence-electron chi connectivity index (χ4n) is 0. The molecule has 16 heavy (non-hydrogen) atoms. The minimum Gasteiger partial charge on any atom is -0.394 e. The molecule has 0 radical (unpaired) electrons. The molecule has 2 N–H and O–H groups in total. The van der Waals surface area contributed by atoms with Crippen LogP contribution in [-0.2, 0) is 9.59 Å². The van der Waals surface area contributed by atoms with Gasteiger partial charge in [0.2, 0.25) is 0 Å². The van der Waals surface area contributed by atoms with Gasteiger partial charge in [-0.25, -0.2) is 0 Å². The van der Waals surface area contributed by atoms with Crippen LogP contribution in [0.2, 0.25) is 0 Å². The highest BCUT2D eigenvalue weighted by atomic mass is 16.3. The number of carbonyl (C=O) groups is 2. The minimum absolute atomic E-state index is 0.167. The van der Waals surface area contributed by atoms with Gasteiger partial charge >= 0.3 is 0 Å². The molecule has 0 fully saturated rings. The van der Waals surface area contributed by atoms with E-state index in [-0.39, 0.29) is 23.8 Å². The highest BCUT2D eigenvalue weighted by Gasteiger charge is 1.69. The summed E-state index contributed by atoms with van der Waals surface area (Å²) in [5.41, 5.74) is 0. The predicted octanol–water partition coefficient (Wildman–Crippen LogP) is 1.96. The van der Waals surface area contributed by atoms with E-state index >= 15 is 0 Å². The van der Waals surface area contributed by atoms with Crippen LogP contribution in [0.15, 0.2) is 0 Å². The smallest absolute Gasteiger partial charge is 0.126 e. The second-order valence-corrected chi connectivity index (χ2v) is 4.00. The largest absolute Gasteiger partial charge is 0.394 e. The van der Waals surface area contributed by atoms with Crippen molar-refractivity contribution in [1.29, 1.82) is 0 Å². The van der Waals surface area contributed by atoms with Crippen molar-refractivity contribution in [3.05, 3.63) is 0 Å². The number of rotatable bonds is 0. The van der Waals surface area contributed by atoms with Crippen molar-refractivity contribution in [3.8, 4) is 0 Å². The van der Waals surface area contributed by atoms with E-state index in [4.69, 9.17) is 10.2 Å². The van der Waals surface area contributed by atoms with Crippen LogP contribution >= 0.6 is 0 Å². The number of aliphatic hydroxyl groups excluding tert-OH is 2. The Morgan fingerprint density at radius 2 is 0.688 bits per heavy atom. The average Bonchev–Trinajstić information content (AvgIpc) is 1.76. The molecular weight excluding hydrogens is 208 g/mol. The van der Waals surface area contributed by atoms with Gasteiger partial charge in [0.25, 0.3) is 0 Å². The van der Waals surface area contributed by atoms with E-state index < -0.39 is 0 Å². The second kappa shape index (κ2) is 19.8. The Hall–Kier alpha value is -0.740. The Labute approximate surface area is 99.7 Å². The van der Waals surface area contributed by atoms with Crippen LogP contribution in [-0.4, -0.2) is 34.0 Å². The summed E-state index contributed by atoms with van der Waals surface area (Å²) in [7, 11) is 0. The lowest BCUT2D eigenvalue weighted by Gasteiger charge is -1.80. The van der Waals surface area contributed by atoms with E-state index in [1.165, 1.54) is 27.7 Å². The van der Waals surface area contributed by atoms with Gasteiger partial charge in [-0.05, 0) is 55.4 Å². The SMILES string of the molecule is CC(C)=O.CC(C)=O.CC(C)O.CC(C)O. The monoisotopic (exact) mass is 236 g/mol. The fourth-order valence-corrected chi connectivity index (χ4v) is 0. The Morgan fingerprint density at radius 1 is 0.688 bits per heavy atom. The van der Waals surface area contributed by atoms with Crippen LogP contribution in [0.5, 0.6) is 0 Å². The third-order valence-electron chi connectivity index (χ3n) is 0. The molecule has 0 aliphatic rings. The number of Topliss-reactive ketones (excluding diaryl/α,β-unsaturated/α-hetero) is 2. The summed E-state index contributed by atoms with van der Waals surface area (Å²) in [6, 6.07) is 0. The highest BCUT2D eigenvalue weighted by molar-refractivity contribution is 5.72. The first-order valence-corrected chi connectivity index (χ1v) is 5.23. The number of carbonyl (C=O) groups excluding carboxylic acids is 2. The molecule has 0 rings (SSSR count). The average molecular weight is 236 g/mol. The molecule has 0 aliphatic heterocycles. The standard InChI is InChI=1S/2C3H8O.2C3H6O/c4*1-3(2)4/h2*3-4H,1-2H3;2*1-2H3. The molecule has 4 nitrogen and oxygen atoms in total. The first-order chi connectivity index (χ1) is 6.93. The normalized spacial score (nSPS) is 7.75. The Morgan fingerprint density at radius 3 is 0.688 bits per heavy atom. The van der Waals surface area contributed by atoms with Crippen molar-refractivity contribution in [2.75, 3.05) is 0 Å². The van der Waals surface area contributed by atoms with Gasteiger partial charge in [-0.2, -0.15) is 0 Å². The zero-order valence-corrected chi connectivity index (χ0v) is 11.9. The lowest BCUT2D eigenvalue weighted by atomic mass is 10.5. The van der Waals surface area contributed by atoms with Crippen LogP contribution in [0.25, 0.3) is 0 Å². The summed E-state index contributed by atoms with van der Waals surface area (Å²) in [4.78, 5) is 18.9. The summed E-state index contributed by atoms with van der Waals surface area (Å²) in [5.74, 6) is 0.333. The number of hydrogen-bond donors (Lipinski definition) is 2. The molecule has 0 bridgehead atoms. The topological polar surface area (TPSA) is 74.6 Å². The second-order valence-electron chi connectivity index (χ2n) is 4.00. The molecule has 0 aromatic heterocycles. The molecule has 4 heteroatoms. The molecule has 0 spiro atoms. The van der Waals surface area contributed by atoms with Crippen molar-refractivity contribution in [3.63, 3.8) is 0 Å². The number of hydrogen-bond acceptors (Lipinski definition) is 4. The maximum absolute atomic E-state index is 9.44. The molecule has 100 valence electrons. The van der Waals surface area contributed by atoms with Crippen molar-refractivity contribution in [2.24, 2.45) is 0 Å². The quantitative estimate of drug-likeness (QED) is 0.674. The van der Waals surface area contributed by atoms with E-state index in [2.05, 4.69) is 0 Å². The lowest BCUT2D eigenvalue weighted by Crippen LogP contribution is -1.85. The molecule has 0 aliphatic carbocycles. The van der Waals surface area contributed by atoms with Gasteiger partial charge in [-0.1, -0.05) is 0 Å². The Kier molecular flexibility index (Phi) is 30.3. The van der Waals surface area contributed by atoms with Crippen LogP contribution in [0, 0.1) is 0 Å². The van der Waals surface area contributed by atoms with Crippen LogP contribution in [0.3, 0.4) is 0 Å². The summed E-state index contributed by atoms with van der Waals surface area (Å²) >= 11 is 0. The minimum atomic E-state index is -0.167. The van der Waals surface area contributed by atoms with Crippen LogP contribution in [0.4, 0.5) is 0 Å². The van der Waals surface area contributed by atoms with Crippen molar-refractivity contribution >= 4 is 11.6 Å². The predicted molar refractivity (Wildman–Crippen MR) is 67.4 cm³/mol. The third kappa shape index (κ3) is 3640.